The highest BCUT2D eigenvalue weighted by Gasteiger charge is 2.32. The molecule has 1 saturated carbocycles. The van der Waals surface area contributed by atoms with Gasteiger partial charge in [-0.2, -0.15) is 5.10 Å². The quantitative estimate of drug-likeness (QED) is 0.240. The summed E-state index contributed by atoms with van der Waals surface area (Å²) in [4.78, 5) is 39.7. The molecule has 0 spiro atoms. The van der Waals surface area contributed by atoms with Crippen LogP contribution in [0.15, 0.2) is 36.4 Å². The van der Waals surface area contributed by atoms with Gasteiger partial charge in [0.05, 0.1) is 35.4 Å². The molecule has 0 radical (unpaired) electrons. The van der Waals surface area contributed by atoms with Crippen LogP contribution in [0.5, 0.6) is 0 Å². The number of fused-ring (bicyclic) bond motifs is 1. The lowest BCUT2D eigenvalue weighted by Gasteiger charge is -2.34. The van der Waals surface area contributed by atoms with Gasteiger partial charge in [-0.3, -0.25) is 24.0 Å². The summed E-state index contributed by atoms with van der Waals surface area (Å²) in [7, 11) is 3.13. The second kappa shape index (κ2) is 13.9. The molecule has 1 atom stereocenters. The number of anilines is 1. The van der Waals surface area contributed by atoms with Crippen LogP contribution in [0.3, 0.4) is 0 Å². The van der Waals surface area contributed by atoms with Gasteiger partial charge in [-0.1, -0.05) is 29.8 Å². The summed E-state index contributed by atoms with van der Waals surface area (Å²) in [6, 6.07) is 9.73. The van der Waals surface area contributed by atoms with Crippen molar-refractivity contribution in [2.24, 2.45) is 13.0 Å². The summed E-state index contributed by atoms with van der Waals surface area (Å²) in [6.07, 6.45) is 3.75. The molecular formula is C31H36ClFN4O6. The fourth-order valence-electron chi connectivity index (χ4n) is 5.76. The molecule has 1 aromatic heterocycles. The summed E-state index contributed by atoms with van der Waals surface area (Å²) in [6.45, 7) is 1.32. The van der Waals surface area contributed by atoms with Gasteiger partial charge in [0.15, 0.2) is 11.5 Å². The molecule has 10 nitrogen and oxygen atoms in total. The van der Waals surface area contributed by atoms with Gasteiger partial charge in [0.25, 0.3) is 5.91 Å². The molecule has 5 rings (SSSR count). The molecule has 1 aliphatic heterocycles. The first-order chi connectivity index (χ1) is 20.7. The van der Waals surface area contributed by atoms with Crippen LogP contribution >= 0.6 is 11.6 Å². The summed E-state index contributed by atoms with van der Waals surface area (Å²) in [5.41, 5.74) is 1.15. The van der Waals surface area contributed by atoms with E-state index in [-0.39, 0.29) is 58.8 Å². The van der Waals surface area contributed by atoms with Gasteiger partial charge in [-0.15, -0.1) is 0 Å². The van der Waals surface area contributed by atoms with Crippen LogP contribution in [0, 0.1) is 11.7 Å². The predicted molar refractivity (Wildman–Crippen MR) is 158 cm³/mol. The number of hydrogen-bond donors (Lipinski definition) is 1. The van der Waals surface area contributed by atoms with Crippen molar-refractivity contribution in [1.29, 1.82) is 0 Å². The number of methoxy groups -OCH3 is 1. The third-order valence-electron chi connectivity index (χ3n) is 8.09. The number of aryl methyl sites for hydroxylation is 1. The van der Waals surface area contributed by atoms with Crippen molar-refractivity contribution in [1.82, 2.24) is 14.7 Å². The number of likely N-dealkylation sites (tertiary alicyclic amines) is 1. The van der Waals surface area contributed by atoms with Crippen LogP contribution in [-0.2, 0) is 37.3 Å². The topological polar surface area (TPSA) is 112 Å². The largest absolute Gasteiger partial charge is 0.469 e. The van der Waals surface area contributed by atoms with Crippen molar-refractivity contribution in [3.8, 4) is 0 Å². The lowest BCUT2D eigenvalue weighted by molar-refractivity contribution is -0.243. The molecule has 2 heterocycles. The molecule has 2 aromatic carbocycles. The number of nitrogens with zero attached hydrogens (tertiary/aromatic N) is 3. The number of benzene rings is 2. The number of ether oxygens (including phenoxy) is 3. The number of amides is 1. The van der Waals surface area contributed by atoms with Crippen molar-refractivity contribution in [3.05, 3.63) is 58.5 Å². The first kappa shape index (κ1) is 31.1. The molecule has 43 heavy (non-hydrogen) atoms. The third-order valence-corrected chi connectivity index (χ3v) is 8.40. The number of nitrogens with one attached hydrogen (secondary N) is 1. The van der Waals surface area contributed by atoms with E-state index in [1.54, 1.807) is 23.9 Å². The smallest absolute Gasteiger partial charge is 0.308 e. The Labute approximate surface area is 254 Å². The molecular weight excluding hydrogens is 579 g/mol. The Morgan fingerprint density at radius 2 is 1.84 bits per heavy atom. The molecule has 1 aliphatic carbocycles. The number of rotatable bonds is 11. The zero-order chi connectivity index (χ0) is 30.5. The zero-order valence-corrected chi connectivity index (χ0v) is 25.1. The van der Waals surface area contributed by atoms with E-state index in [1.807, 2.05) is 12.1 Å². The van der Waals surface area contributed by atoms with Crippen LogP contribution in [0.4, 0.5) is 10.1 Å². The molecule has 1 amide bonds. The van der Waals surface area contributed by atoms with E-state index in [4.69, 9.17) is 25.8 Å². The van der Waals surface area contributed by atoms with E-state index in [2.05, 4.69) is 15.3 Å². The molecule has 1 N–H and O–H groups in total. The van der Waals surface area contributed by atoms with Crippen LogP contribution in [0.25, 0.3) is 10.9 Å². The van der Waals surface area contributed by atoms with Gasteiger partial charge in [-0.05, 0) is 62.3 Å². The molecule has 0 bridgehead atoms. The van der Waals surface area contributed by atoms with E-state index in [1.165, 1.54) is 13.2 Å². The maximum atomic E-state index is 15.1. The molecule has 12 heteroatoms. The number of para-hydroxylation sites is 1. The highest BCUT2D eigenvalue weighted by molar-refractivity contribution is 6.34. The summed E-state index contributed by atoms with van der Waals surface area (Å²) < 4.78 is 33.7. The van der Waals surface area contributed by atoms with E-state index in [9.17, 15) is 14.4 Å². The summed E-state index contributed by atoms with van der Waals surface area (Å²) >= 11 is 6.40. The van der Waals surface area contributed by atoms with Crippen LogP contribution in [-0.4, -0.2) is 71.7 Å². The Hall–Kier alpha value is -3.38. The zero-order valence-electron chi connectivity index (χ0n) is 24.3. The van der Waals surface area contributed by atoms with Crippen molar-refractivity contribution in [2.45, 2.75) is 57.5 Å². The Bertz CT molecular complexity index is 1480. The Morgan fingerprint density at radius 3 is 2.56 bits per heavy atom. The molecule has 1 unspecified atom stereocenters. The SMILES string of the molecule is COC(=O)[C@H]1CC[C@H](OC(OCC(=O)Cc2cc(Cl)c(NC(=O)c3nn(C)c4ccccc34)cc2F)N2CCCC2)CC1. The third kappa shape index (κ3) is 7.41. The van der Waals surface area contributed by atoms with E-state index < -0.39 is 18.1 Å². The van der Waals surface area contributed by atoms with E-state index in [0.29, 0.717) is 31.1 Å². The molecule has 2 fully saturated rings. The van der Waals surface area contributed by atoms with Gasteiger partial charge < -0.3 is 19.5 Å². The van der Waals surface area contributed by atoms with Gasteiger partial charge in [0.2, 0.25) is 6.41 Å². The van der Waals surface area contributed by atoms with Gasteiger partial charge >= 0.3 is 5.97 Å². The Kier molecular flexibility index (Phi) is 10.1. The molecule has 2 aliphatic rings. The van der Waals surface area contributed by atoms with Gasteiger partial charge in [-0.25, -0.2) is 4.39 Å². The van der Waals surface area contributed by atoms with Crippen LogP contribution in [0.2, 0.25) is 5.02 Å². The molecule has 3 aromatic rings. The first-order valence-electron chi connectivity index (χ1n) is 14.5. The highest BCUT2D eigenvalue weighted by atomic mass is 35.5. The number of Topliss-reactive ketones (excluding diaryl/α,β-unsaturated/α-hetero) is 1. The summed E-state index contributed by atoms with van der Waals surface area (Å²) in [5, 5.41) is 7.67. The van der Waals surface area contributed by atoms with Gasteiger partial charge in [0.1, 0.15) is 12.4 Å². The fourth-order valence-corrected chi connectivity index (χ4v) is 5.99. The van der Waals surface area contributed by atoms with Crippen molar-refractivity contribution in [2.75, 3.05) is 32.1 Å². The number of aromatic nitrogens is 2. The highest BCUT2D eigenvalue weighted by Crippen LogP contribution is 2.30. The maximum Gasteiger partial charge on any atom is 0.308 e. The number of hydrogen-bond acceptors (Lipinski definition) is 8. The molecule has 1 saturated heterocycles. The average Bonchev–Trinajstić information content (AvgIpc) is 3.66. The number of ketones is 1. The number of carbonyl (C=O) groups excluding carboxylic acids is 3. The molecule has 230 valence electrons. The normalized spacial score (nSPS) is 19.8. The Balaban J connectivity index is 1.18. The second-order valence-electron chi connectivity index (χ2n) is 11.1. The van der Waals surface area contributed by atoms with Crippen molar-refractivity contribution < 1.29 is 33.0 Å². The van der Waals surface area contributed by atoms with Crippen molar-refractivity contribution >= 4 is 45.9 Å². The fraction of sp³-hybridized carbons (Fsp3) is 0.484. The minimum Gasteiger partial charge on any atom is -0.469 e. The lowest BCUT2D eigenvalue weighted by Crippen LogP contribution is -2.42. The summed E-state index contributed by atoms with van der Waals surface area (Å²) in [5.74, 6) is -1.85. The van der Waals surface area contributed by atoms with Crippen molar-refractivity contribution in [3.63, 3.8) is 0 Å². The number of esters is 1. The van der Waals surface area contributed by atoms with Crippen LogP contribution in [0.1, 0.15) is 54.6 Å². The first-order valence-corrected chi connectivity index (χ1v) is 14.9. The maximum absolute atomic E-state index is 15.1. The number of halogens is 2. The van der Waals surface area contributed by atoms with E-state index in [0.717, 1.165) is 37.5 Å². The van der Waals surface area contributed by atoms with Gasteiger partial charge in [0, 0.05) is 31.9 Å². The average molecular weight is 615 g/mol. The monoisotopic (exact) mass is 614 g/mol. The lowest BCUT2D eigenvalue weighted by atomic mass is 9.87. The second-order valence-corrected chi connectivity index (χ2v) is 11.5. The predicted octanol–water partition coefficient (Wildman–Crippen LogP) is 4.87. The van der Waals surface area contributed by atoms with Crippen LogP contribution < -0.4 is 5.32 Å². The van der Waals surface area contributed by atoms with E-state index >= 15 is 4.39 Å². The Morgan fingerprint density at radius 1 is 1.12 bits per heavy atom. The minimum atomic E-state index is -0.695. The minimum absolute atomic E-state index is 0.0794. The standard InChI is InChI=1S/C31H36ClFN4O6/c1-36-27-8-4-3-7-23(27)28(35-36)29(39)34-26-17-25(33)20(16-24(26)32)15-21(38)18-42-31(37-13-5-6-14-37)43-22-11-9-19(10-12-22)30(40)41-2/h3-4,7-8,16-17,19,22,31H,5-6,9-15,18H2,1-2H3,(H,34,39)/t19-,22-,31?. The number of carbonyl (C=O) groups is 3.